The molecule has 0 saturated carbocycles. The lowest BCUT2D eigenvalue weighted by Gasteiger charge is -2.24. The van der Waals surface area contributed by atoms with Gasteiger partial charge in [0.25, 0.3) is 0 Å². The van der Waals surface area contributed by atoms with E-state index in [1.807, 2.05) is 39.4 Å². The smallest absolute Gasteiger partial charge is 0.462 e. The number of esters is 2. The van der Waals surface area contributed by atoms with Crippen molar-refractivity contribution in [1.29, 1.82) is 0 Å². The molecule has 3 atom stereocenters. The number of hydrogen-bond donors (Lipinski definition) is 2. The number of phosphoric ester groups is 1. The van der Waals surface area contributed by atoms with E-state index in [9.17, 15) is 24.2 Å². The Kier molecular flexibility index (Phi) is 42.4. The van der Waals surface area contributed by atoms with Gasteiger partial charge in [0, 0.05) is 12.8 Å². The van der Waals surface area contributed by atoms with Crippen molar-refractivity contribution in [1.82, 2.24) is 0 Å². The zero-order valence-corrected chi connectivity index (χ0v) is 42.1. The van der Waals surface area contributed by atoms with E-state index in [-0.39, 0.29) is 32.2 Å². The number of unbranched alkanes of at least 4 members (excludes halogenated alkanes) is 22. The highest BCUT2D eigenvalue weighted by Gasteiger charge is 2.27. The Morgan fingerprint density at radius 3 is 1.49 bits per heavy atom. The van der Waals surface area contributed by atoms with E-state index in [1.165, 1.54) is 109 Å². The zero-order chi connectivity index (χ0) is 46.5. The molecule has 0 radical (unpaired) electrons. The van der Waals surface area contributed by atoms with Crippen LogP contribution in [0.4, 0.5) is 0 Å². The molecule has 0 spiro atoms. The van der Waals surface area contributed by atoms with Gasteiger partial charge in [-0.25, -0.2) is 4.57 Å². The summed E-state index contributed by atoms with van der Waals surface area (Å²) in [5.74, 6) is -0.880. The van der Waals surface area contributed by atoms with Gasteiger partial charge in [0.2, 0.25) is 0 Å². The highest BCUT2D eigenvalue weighted by Crippen LogP contribution is 2.43. The molecule has 63 heavy (non-hydrogen) atoms. The fourth-order valence-corrected chi connectivity index (χ4v) is 7.65. The van der Waals surface area contributed by atoms with Crippen molar-refractivity contribution in [3.8, 4) is 0 Å². The molecular weight excluding hydrogens is 814 g/mol. The molecule has 0 fully saturated rings. The summed E-state index contributed by atoms with van der Waals surface area (Å²) in [6.45, 7) is 4.22. The van der Waals surface area contributed by atoms with E-state index in [4.69, 9.17) is 18.5 Å². The number of ether oxygens (including phenoxy) is 2. The Bertz CT molecular complexity index is 1230. The van der Waals surface area contributed by atoms with Crippen LogP contribution in [0.3, 0.4) is 0 Å². The van der Waals surface area contributed by atoms with E-state index in [0.29, 0.717) is 23.9 Å². The molecule has 0 aliphatic rings. The second-order valence-electron chi connectivity index (χ2n) is 18.4. The van der Waals surface area contributed by atoms with Crippen molar-refractivity contribution < 1.29 is 47.2 Å². The summed E-state index contributed by atoms with van der Waals surface area (Å²) in [5, 5.41) is 9.84. The number of aliphatic hydroxyl groups excluding tert-OH is 1. The number of carbonyl (C=O) groups is 2. The fourth-order valence-electron chi connectivity index (χ4n) is 6.91. The lowest BCUT2D eigenvalue weighted by atomic mass is 10.0. The number of carbonyl (C=O) groups excluding carboxylic acids is 2. The molecule has 2 N–H and O–H groups in total. The molecular formula is C52H97NO9P+. The minimum atomic E-state index is -4.40. The third-order valence-electron chi connectivity index (χ3n) is 10.9. The van der Waals surface area contributed by atoms with E-state index in [0.717, 1.165) is 64.2 Å². The normalized spacial score (nSPS) is 14.3. The van der Waals surface area contributed by atoms with Crippen molar-refractivity contribution >= 4 is 19.8 Å². The summed E-state index contributed by atoms with van der Waals surface area (Å²) in [6, 6.07) is 0. The number of allylic oxidation sites excluding steroid dienone is 7. The third kappa shape index (κ3) is 47.7. The monoisotopic (exact) mass is 911 g/mol. The van der Waals surface area contributed by atoms with E-state index in [1.54, 1.807) is 0 Å². The van der Waals surface area contributed by atoms with Crippen molar-refractivity contribution in [2.75, 3.05) is 47.5 Å². The van der Waals surface area contributed by atoms with Gasteiger partial charge in [-0.2, -0.15) is 0 Å². The van der Waals surface area contributed by atoms with Crippen LogP contribution in [0.15, 0.2) is 48.6 Å². The van der Waals surface area contributed by atoms with E-state index in [2.05, 4.69) is 44.2 Å². The number of aliphatic hydroxyl groups is 1. The van der Waals surface area contributed by atoms with Crippen LogP contribution in [0.5, 0.6) is 0 Å². The standard InChI is InChI=1S/C52H96NO9P/c1-6-8-10-11-12-13-14-15-16-17-18-19-20-21-22-23-28-31-34-37-40-44-52(56)62-50(48-61-63(57,58)60-46-45-53(3,4)5)47-59-51(55)43-39-36-33-30-27-25-24-26-29-32-35-38-42-49(54)41-9-7-2/h24-25,29-30,32-33,38,42,49-50,54H,6-23,26-28,31,34-37,39-41,43-48H2,1-5H3/p+1/b25-24-,32-29-,33-30-,42-38-/t49-,50+/m0/s1. The molecule has 0 aromatic carbocycles. The topological polar surface area (TPSA) is 129 Å². The number of phosphoric acid groups is 1. The van der Waals surface area contributed by atoms with Crippen LogP contribution in [0.2, 0.25) is 0 Å². The van der Waals surface area contributed by atoms with Gasteiger partial charge in [-0.1, -0.05) is 204 Å². The Morgan fingerprint density at radius 1 is 0.556 bits per heavy atom. The van der Waals surface area contributed by atoms with Gasteiger partial charge in [-0.05, 0) is 44.9 Å². The molecule has 0 aromatic rings. The first-order chi connectivity index (χ1) is 30.4. The van der Waals surface area contributed by atoms with E-state index < -0.39 is 32.5 Å². The van der Waals surface area contributed by atoms with Gasteiger partial charge in [0.15, 0.2) is 6.10 Å². The SMILES string of the molecule is CCCCCCCCCCCCCCCCCCCCCCCC(=O)O[C@H](COC(=O)CCC/C=C\C/C=C\C/C=C\C/C=C\[C@@H](O)CCCC)COP(=O)(O)OCC[N+](C)(C)C. The van der Waals surface area contributed by atoms with Crippen LogP contribution >= 0.6 is 7.82 Å². The maximum Gasteiger partial charge on any atom is 0.472 e. The van der Waals surface area contributed by atoms with Crippen LogP contribution in [0, 0.1) is 0 Å². The summed E-state index contributed by atoms with van der Waals surface area (Å²) < 4.78 is 34.3. The van der Waals surface area contributed by atoms with Gasteiger partial charge >= 0.3 is 19.8 Å². The molecule has 0 aliphatic carbocycles. The molecule has 10 nitrogen and oxygen atoms in total. The van der Waals surface area contributed by atoms with Crippen molar-refractivity contribution in [3.05, 3.63) is 48.6 Å². The summed E-state index contributed by atoms with van der Waals surface area (Å²) in [4.78, 5) is 35.5. The van der Waals surface area contributed by atoms with Gasteiger partial charge in [0.05, 0.1) is 33.9 Å². The Hall–Kier alpha value is -2.07. The minimum Gasteiger partial charge on any atom is -0.462 e. The summed E-state index contributed by atoms with van der Waals surface area (Å²) >= 11 is 0. The first-order valence-corrected chi connectivity index (χ1v) is 26.9. The van der Waals surface area contributed by atoms with Crippen LogP contribution < -0.4 is 0 Å². The highest BCUT2D eigenvalue weighted by molar-refractivity contribution is 7.47. The molecule has 368 valence electrons. The number of rotatable bonds is 46. The average molecular weight is 911 g/mol. The van der Waals surface area contributed by atoms with Crippen molar-refractivity contribution in [2.24, 2.45) is 0 Å². The molecule has 0 aromatic heterocycles. The number of likely N-dealkylation sites (N-methyl/N-ethyl adjacent to an activating group) is 1. The van der Waals surface area contributed by atoms with Gasteiger partial charge in [-0.15, -0.1) is 0 Å². The lowest BCUT2D eigenvalue weighted by molar-refractivity contribution is -0.870. The zero-order valence-electron chi connectivity index (χ0n) is 41.2. The minimum absolute atomic E-state index is 0.0165. The Morgan fingerprint density at radius 2 is 1.00 bits per heavy atom. The van der Waals surface area contributed by atoms with Crippen molar-refractivity contribution in [3.63, 3.8) is 0 Å². The lowest BCUT2D eigenvalue weighted by Crippen LogP contribution is -2.37. The molecule has 11 heteroatoms. The Labute approximate surface area is 386 Å². The number of nitrogens with zero attached hydrogens (tertiary/aromatic N) is 1. The summed E-state index contributed by atoms with van der Waals surface area (Å²) in [7, 11) is 1.43. The number of hydrogen-bond acceptors (Lipinski definition) is 8. The summed E-state index contributed by atoms with van der Waals surface area (Å²) in [6.07, 6.45) is 49.4. The van der Waals surface area contributed by atoms with Gasteiger partial charge in [0.1, 0.15) is 19.8 Å². The molecule has 0 heterocycles. The quantitative estimate of drug-likeness (QED) is 0.0202. The molecule has 1 unspecified atom stereocenters. The maximum absolute atomic E-state index is 12.8. The van der Waals surface area contributed by atoms with Crippen LogP contribution in [0.25, 0.3) is 0 Å². The summed E-state index contributed by atoms with van der Waals surface area (Å²) in [5.41, 5.74) is 0. The fraction of sp³-hybridized carbons (Fsp3) is 0.808. The van der Waals surface area contributed by atoms with Crippen LogP contribution in [-0.2, 0) is 32.7 Å². The molecule has 0 bridgehead atoms. The predicted molar refractivity (Wildman–Crippen MR) is 263 cm³/mol. The molecule has 0 rings (SSSR count). The second kappa shape index (κ2) is 43.8. The first-order valence-electron chi connectivity index (χ1n) is 25.5. The largest absolute Gasteiger partial charge is 0.472 e. The number of quaternary nitrogens is 1. The van der Waals surface area contributed by atoms with Gasteiger partial charge < -0.3 is 24.0 Å². The predicted octanol–water partition coefficient (Wildman–Crippen LogP) is 14.0. The molecule has 0 amide bonds. The van der Waals surface area contributed by atoms with E-state index >= 15 is 0 Å². The van der Waals surface area contributed by atoms with Crippen molar-refractivity contribution in [2.45, 2.75) is 225 Å². The third-order valence-corrected chi connectivity index (χ3v) is 11.9. The second-order valence-corrected chi connectivity index (χ2v) is 19.8. The van der Waals surface area contributed by atoms with Crippen LogP contribution in [-0.4, -0.2) is 86.1 Å². The Balaban J connectivity index is 4.34. The van der Waals surface area contributed by atoms with Crippen LogP contribution in [0.1, 0.15) is 213 Å². The molecule has 0 aliphatic heterocycles. The molecule has 0 saturated heterocycles. The first kappa shape index (κ1) is 60.9. The maximum atomic E-state index is 12.8. The average Bonchev–Trinajstić information content (AvgIpc) is 3.23. The van der Waals surface area contributed by atoms with Gasteiger partial charge in [-0.3, -0.25) is 18.6 Å². The highest BCUT2D eigenvalue weighted by atomic mass is 31.2.